The molecule has 1 fully saturated rings. The summed E-state index contributed by atoms with van der Waals surface area (Å²) in [5.74, 6) is 1.08. The molecule has 4 aromatic rings. The summed E-state index contributed by atoms with van der Waals surface area (Å²) in [6.07, 6.45) is 4.81. The number of H-pyrrole nitrogens is 1. The van der Waals surface area contributed by atoms with Crippen molar-refractivity contribution in [1.82, 2.24) is 29.9 Å². The van der Waals surface area contributed by atoms with Crippen LogP contribution in [0.2, 0.25) is 5.02 Å². The van der Waals surface area contributed by atoms with Gasteiger partial charge in [0.05, 0.1) is 36.1 Å². The van der Waals surface area contributed by atoms with E-state index >= 15 is 0 Å². The second kappa shape index (κ2) is 7.63. The van der Waals surface area contributed by atoms with Gasteiger partial charge in [-0.3, -0.25) is 4.79 Å². The molecule has 3 heterocycles. The lowest BCUT2D eigenvalue weighted by Crippen LogP contribution is -2.44. The van der Waals surface area contributed by atoms with Crippen LogP contribution < -0.4 is 4.74 Å². The van der Waals surface area contributed by atoms with Crippen molar-refractivity contribution in [2.24, 2.45) is 0 Å². The summed E-state index contributed by atoms with van der Waals surface area (Å²) in [7, 11) is 1.56. The van der Waals surface area contributed by atoms with E-state index in [2.05, 4.69) is 15.2 Å². The van der Waals surface area contributed by atoms with Crippen molar-refractivity contribution in [3.05, 3.63) is 64.7 Å². The van der Waals surface area contributed by atoms with Gasteiger partial charge in [0.2, 0.25) is 0 Å². The van der Waals surface area contributed by atoms with Gasteiger partial charge in [-0.15, -0.1) is 0 Å². The van der Waals surface area contributed by atoms with E-state index in [9.17, 15) is 4.79 Å². The van der Waals surface area contributed by atoms with E-state index in [0.29, 0.717) is 28.6 Å². The van der Waals surface area contributed by atoms with Crippen LogP contribution in [0.3, 0.4) is 0 Å². The smallest absolute Gasteiger partial charge is 0.260 e. The molecule has 0 unspecified atom stereocenters. The zero-order valence-corrected chi connectivity index (χ0v) is 18.8. The SMILES string of the molecule is COc1cccc(-n2nccn2)c1C(=O)N1CCC[C@@]1(C)c1nc2c(C)c(Cl)ccc2[nH]1. The molecule has 0 bridgehead atoms. The third-order valence-electron chi connectivity index (χ3n) is 6.31. The molecule has 5 rings (SSSR count). The molecule has 0 spiro atoms. The Morgan fingerprint density at radius 1 is 1.22 bits per heavy atom. The van der Waals surface area contributed by atoms with Crippen LogP contribution in [0.4, 0.5) is 0 Å². The molecule has 1 N–H and O–H groups in total. The Morgan fingerprint density at radius 2 is 2.00 bits per heavy atom. The number of aryl methyl sites for hydroxylation is 1. The fourth-order valence-corrected chi connectivity index (χ4v) is 4.68. The predicted molar refractivity (Wildman–Crippen MR) is 121 cm³/mol. The van der Waals surface area contributed by atoms with Gasteiger partial charge in [-0.2, -0.15) is 15.0 Å². The number of ether oxygens (including phenoxy) is 1. The van der Waals surface area contributed by atoms with Crippen LogP contribution in [0.1, 0.15) is 41.5 Å². The zero-order chi connectivity index (χ0) is 22.5. The first-order chi connectivity index (χ1) is 15.4. The lowest BCUT2D eigenvalue weighted by molar-refractivity contribution is 0.0602. The maximum Gasteiger partial charge on any atom is 0.260 e. The topological polar surface area (TPSA) is 88.9 Å². The summed E-state index contributed by atoms with van der Waals surface area (Å²) in [6, 6.07) is 9.20. The minimum atomic E-state index is -0.606. The molecular weight excluding hydrogens is 428 g/mol. The number of likely N-dealkylation sites (tertiary alicyclic amines) is 1. The Hall–Kier alpha value is -3.39. The number of halogens is 1. The molecule has 2 aromatic heterocycles. The fourth-order valence-electron chi connectivity index (χ4n) is 4.52. The molecule has 164 valence electrons. The molecular formula is C23H23ClN6O2. The number of amides is 1. The summed E-state index contributed by atoms with van der Waals surface area (Å²) in [5, 5.41) is 9.11. The summed E-state index contributed by atoms with van der Waals surface area (Å²) in [6.45, 7) is 4.61. The van der Waals surface area contributed by atoms with Crippen molar-refractivity contribution in [2.75, 3.05) is 13.7 Å². The molecule has 8 nitrogen and oxygen atoms in total. The number of hydrogen-bond acceptors (Lipinski definition) is 5. The third kappa shape index (κ3) is 3.05. The Balaban J connectivity index is 1.62. The first kappa shape index (κ1) is 20.5. The number of carbonyl (C=O) groups is 1. The number of benzene rings is 2. The van der Waals surface area contributed by atoms with Crippen molar-refractivity contribution in [2.45, 2.75) is 32.2 Å². The molecule has 0 aliphatic carbocycles. The summed E-state index contributed by atoms with van der Waals surface area (Å²) < 4.78 is 5.56. The molecule has 1 atom stereocenters. The van der Waals surface area contributed by atoms with Crippen molar-refractivity contribution in [1.29, 1.82) is 0 Å². The highest BCUT2D eigenvalue weighted by molar-refractivity contribution is 6.32. The van der Waals surface area contributed by atoms with Crippen LogP contribution in [0.5, 0.6) is 5.75 Å². The standard InChI is InChI=1S/C23H23ClN6O2/c1-14-15(24)8-9-16-20(14)28-22(27-16)23(2)10-5-13-29(23)21(31)19-17(30-25-11-12-26-30)6-4-7-18(19)32-3/h4,6-9,11-12H,5,10,13H2,1-3H3,(H,27,28)/t23-/m0/s1. The Morgan fingerprint density at radius 3 is 2.75 bits per heavy atom. The predicted octanol–water partition coefficient (Wildman–Crippen LogP) is 4.27. The van der Waals surface area contributed by atoms with Gasteiger partial charge >= 0.3 is 0 Å². The van der Waals surface area contributed by atoms with Crippen LogP contribution in [0.25, 0.3) is 16.7 Å². The largest absolute Gasteiger partial charge is 0.496 e. The number of rotatable bonds is 4. The molecule has 1 amide bonds. The summed E-state index contributed by atoms with van der Waals surface area (Å²) >= 11 is 6.30. The number of fused-ring (bicyclic) bond motifs is 1. The van der Waals surface area contributed by atoms with Gasteiger partial charge in [0, 0.05) is 11.6 Å². The lowest BCUT2D eigenvalue weighted by Gasteiger charge is -2.34. The zero-order valence-electron chi connectivity index (χ0n) is 18.1. The number of imidazole rings is 1. The number of aromatic nitrogens is 5. The number of methoxy groups -OCH3 is 1. The molecule has 2 aromatic carbocycles. The maximum atomic E-state index is 14.0. The Labute approximate surface area is 190 Å². The molecule has 1 aliphatic rings. The van der Waals surface area contributed by atoms with Crippen LogP contribution >= 0.6 is 11.6 Å². The van der Waals surface area contributed by atoms with Crippen molar-refractivity contribution >= 4 is 28.5 Å². The van der Waals surface area contributed by atoms with Crippen molar-refractivity contribution < 1.29 is 9.53 Å². The van der Waals surface area contributed by atoms with E-state index < -0.39 is 5.54 Å². The van der Waals surface area contributed by atoms with E-state index in [1.807, 2.05) is 43.0 Å². The van der Waals surface area contributed by atoms with Gasteiger partial charge in [-0.25, -0.2) is 4.98 Å². The molecule has 32 heavy (non-hydrogen) atoms. The van der Waals surface area contributed by atoms with E-state index in [1.165, 1.54) is 4.80 Å². The van der Waals surface area contributed by atoms with Gasteiger partial charge in [0.25, 0.3) is 5.91 Å². The minimum absolute atomic E-state index is 0.148. The molecule has 0 saturated carbocycles. The normalized spacial score (nSPS) is 18.4. The van der Waals surface area contributed by atoms with E-state index in [1.54, 1.807) is 25.6 Å². The summed E-state index contributed by atoms with van der Waals surface area (Å²) in [4.78, 5) is 25.6. The monoisotopic (exact) mass is 450 g/mol. The second-order valence-electron chi connectivity index (χ2n) is 8.16. The first-order valence-corrected chi connectivity index (χ1v) is 10.8. The highest BCUT2D eigenvalue weighted by atomic mass is 35.5. The van der Waals surface area contributed by atoms with Crippen LogP contribution in [0.15, 0.2) is 42.7 Å². The number of nitrogens with zero attached hydrogens (tertiary/aromatic N) is 5. The van der Waals surface area contributed by atoms with E-state index in [-0.39, 0.29) is 5.91 Å². The molecule has 1 saturated heterocycles. The van der Waals surface area contributed by atoms with E-state index in [0.717, 1.165) is 35.3 Å². The number of nitrogens with one attached hydrogen (secondary N) is 1. The highest BCUT2D eigenvalue weighted by Crippen LogP contribution is 2.41. The average molecular weight is 451 g/mol. The maximum absolute atomic E-state index is 14.0. The number of carbonyl (C=O) groups excluding carboxylic acids is 1. The first-order valence-electron chi connectivity index (χ1n) is 10.4. The van der Waals surface area contributed by atoms with Crippen LogP contribution in [0, 0.1) is 6.92 Å². The molecule has 9 heteroatoms. The van der Waals surface area contributed by atoms with Gasteiger partial charge in [0.1, 0.15) is 22.8 Å². The number of hydrogen-bond donors (Lipinski definition) is 1. The molecule has 1 aliphatic heterocycles. The summed E-state index contributed by atoms with van der Waals surface area (Å²) in [5.41, 5.74) is 3.04. The van der Waals surface area contributed by atoms with Crippen molar-refractivity contribution in [3.63, 3.8) is 0 Å². The van der Waals surface area contributed by atoms with Gasteiger partial charge < -0.3 is 14.6 Å². The van der Waals surface area contributed by atoms with Crippen LogP contribution in [-0.4, -0.2) is 49.4 Å². The second-order valence-corrected chi connectivity index (χ2v) is 8.57. The van der Waals surface area contributed by atoms with Gasteiger partial charge in [-0.05, 0) is 56.5 Å². The lowest BCUT2D eigenvalue weighted by atomic mass is 9.96. The Kier molecular flexibility index (Phi) is 4.89. The van der Waals surface area contributed by atoms with Gasteiger partial charge in [-0.1, -0.05) is 17.7 Å². The molecule has 0 radical (unpaired) electrons. The average Bonchev–Trinajstić information content (AvgIpc) is 3.55. The highest BCUT2D eigenvalue weighted by Gasteiger charge is 2.45. The Bertz CT molecular complexity index is 1320. The third-order valence-corrected chi connectivity index (χ3v) is 6.72. The van der Waals surface area contributed by atoms with E-state index in [4.69, 9.17) is 21.3 Å². The number of aromatic amines is 1. The minimum Gasteiger partial charge on any atom is -0.496 e. The van der Waals surface area contributed by atoms with Gasteiger partial charge in [0.15, 0.2) is 0 Å². The van der Waals surface area contributed by atoms with Crippen LogP contribution in [-0.2, 0) is 5.54 Å². The fraction of sp³-hybridized carbons (Fsp3) is 0.304. The quantitative estimate of drug-likeness (QED) is 0.501. The van der Waals surface area contributed by atoms with Crippen molar-refractivity contribution in [3.8, 4) is 11.4 Å².